The summed E-state index contributed by atoms with van der Waals surface area (Å²) < 4.78 is 14.3. The van der Waals surface area contributed by atoms with Gasteiger partial charge in [-0.1, -0.05) is 12.2 Å². The summed E-state index contributed by atoms with van der Waals surface area (Å²) in [7, 11) is 0. The van der Waals surface area contributed by atoms with E-state index in [1.54, 1.807) is 0 Å². The molecule has 0 saturated heterocycles. The molecule has 0 saturated carbocycles. The normalized spacial score (nSPS) is 10.5. The Balaban J connectivity index is 4.37. The van der Waals surface area contributed by atoms with Crippen molar-refractivity contribution in [1.82, 2.24) is 0 Å². The van der Waals surface area contributed by atoms with E-state index in [9.17, 15) is 9.59 Å². The van der Waals surface area contributed by atoms with Crippen LogP contribution >= 0.6 is 0 Å². The molecule has 0 rings (SSSR count). The van der Waals surface area contributed by atoms with Crippen molar-refractivity contribution in [2.24, 2.45) is 0 Å². The molecule has 0 aliphatic heterocycles. The molecule has 0 aromatic carbocycles. The maximum Gasteiger partial charge on any atom is 0.506 e. The van der Waals surface area contributed by atoms with E-state index in [1.165, 1.54) is 12.2 Å². The van der Waals surface area contributed by atoms with Crippen LogP contribution in [0, 0.1) is 0 Å². The van der Waals surface area contributed by atoms with Crippen molar-refractivity contribution in [2.45, 2.75) is 18.4 Å². The van der Waals surface area contributed by atoms with Crippen LogP contribution in [0.15, 0.2) is 25.3 Å². The number of ether oxygens (including phenoxy) is 3. The van der Waals surface area contributed by atoms with E-state index in [-0.39, 0.29) is 32.7 Å². The number of carboxylic acid groups (broad SMARTS) is 2. The molecule has 0 amide bonds. The Hall–Kier alpha value is -2.02. The third kappa shape index (κ3) is 7.82. The van der Waals surface area contributed by atoms with Crippen LogP contribution in [-0.2, 0) is 14.2 Å². The van der Waals surface area contributed by atoms with Gasteiger partial charge in [-0.05, 0) is 0 Å². The summed E-state index contributed by atoms with van der Waals surface area (Å²) in [6.07, 6.45) is 0.728. The third-order valence-corrected chi connectivity index (χ3v) is 2.15. The first-order valence-corrected chi connectivity index (χ1v) is 5.53. The molecule has 0 spiro atoms. The predicted molar refractivity (Wildman–Crippen MR) is 66.3 cm³/mol. The van der Waals surface area contributed by atoms with Gasteiger partial charge in [-0.25, -0.2) is 9.59 Å². The highest BCUT2D eigenvalue weighted by atomic mass is 16.7. The molecule has 0 heterocycles. The summed E-state index contributed by atoms with van der Waals surface area (Å²) in [5, 5.41) is 17.0. The molecule has 0 aromatic rings. The zero-order valence-corrected chi connectivity index (χ0v) is 10.5. The molecule has 7 heteroatoms. The average molecular weight is 274 g/mol. The van der Waals surface area contributed by atoms with Crippen molar-refractivity contribution in [3.8, 4) is 0 Å². The maximum atomic E-state index is 10.7. The summed E-state index contributed by atoms with van der Waals surface area (Å²) >= 11 is 0. The Morgan fingerprint density at radius 2 is 1.63 bits per heavy atom. The van der Waals surface area contributed by atoms with Gasteiger partial charge in [0.05, 0.1) is 13.2 Å². The van der Waals surface area contributed by atoms with E-state index in [2.05, 4.69) is 17.9 Å². The molecule has 19 heavy (non-hydrogen) atoms. The molecular weight excluding hydrogens is 256 g/mol. The fourth-order valence-corrected chi connectivity index (χ4v) is 1.47. The fraction of sp³-hybridized carbons (Fsp3) is 0.500. The van der Waals surface area contributed by atoms with E-state index in [0.29, 0.717) is 0 Å². The first kappa shape index (κ1) is 17.0. The van der Waals surface area contributed by atoms with Crippen molar-refractivity contribution in [3.05, 3.63) is 25.3 Å². The van der Waals surface area contributed by atoms with Gasteiger partial charge in [-0.2, -0.15) is 0 Å². The Labute approximate surface area is 111 Å². The van der Waals surface area contributed by atoms with Gasteiger partial charge in [-0.3, -0.25) is 0 Å². The molecule has 0 bridgehead atoms. The van der Waals surface area contributed by atoms with Gasteiger partial charge in [0.15, 0.2) is 0 Å². The number of carbonyl (C=O) groups is 2. The molecule has 0 aliphatic rings. The van der Waals surface area contributed by atoms with E-state index in [4.69, 9.17) is 19.7 Å². The van der Waals surface area contributed by atoms with Gasteiger partial charge < -0.3 is 24.4 Å². The Kier molecular flexibility index (Phi) is 8.03. The van der Waals surface area contributed by atoms with Crippen LogP contribution in [0.1, 0.15) is 12.8 Å². The van der Waals surface area contributed by atoms with Crippen molar-refractivity contribution >= 4 is 12.3 Å². The Morgan fingerprint density at radius 1 is 1.05 bits per heavy atom. The molecule has 0 fully saturated rings. The van der Waals surface area contributed by atoms with Crippen molar-refractivity contribution in [3.63, 3.8) is 0 Å². The van der Waals surface area contributed by atoms with Gasteiger partial charge in [-0.15, -0.1) is 13.2 Å². The number of hydrogen-bond donors (Lipinski definition) is 2. The SMILES string of the molecule is C=CCC(CC=C)(COCCOC(=O)O)OC(=O)O. The highest BCUT2D eigenvalue weighted by Crippen LogP contribution is 2.23. The van der Waals surface area contributed by atoms with Crippen LogP contribution in [0.2, 0.25) is 0 Å². The molecule has 0 atom stereocenters. The molecule has 7 nitrogen and oxygen atoms in total. The number of rotatable bonds is 10. The zero-order chi connectivity index (χ0) is 14.7. The minimum absolute atomic E-state index is 0.00527. The lowest BCUT2D eigenvalue weighted by molar-refractivity contribution is -0.0742. The third-order valence-electron chi connectivity index (χ3n) is 2.15. The Bertz CT molecular complexity index is 314. The summed E-state index contributed by atoms with van der Waals surface area (Å²) in [6.45, 7) is 6.90. The molecule has 108 valence electrons. The van der Waals surface area contributed by atoms with Crippen LogP contribution in [0.3, 0.4) is 0 Å². The quantitative estimate of drug-likeness (QED) is 0.358. The van der Waals surface area contributed by atoms with Gasteiger partial charge >= 0.3 is 12.3 Å². The maximum absolute atomic E-state index is 10.7. The van der Waals surface area contributed by atoms with E-state index in [1.807, 2.05) is 0 Å². The minimum atomic E-state index is -1.42. The van der Waals surface area contributed by atoms with E-state index < -0.39 is 17.9 Å². The second-order valence-electron chi connectivity index (χ2n) is 3.70. The number of hydrogen-bond acceptors (Lipinski definition) is 5. The summed E-state index contributed by atoms with van der Waals surface area (Å²) in [5.41, 5.74) is -1.10. The molecule has 0 aromatic heterocycles. The molecular formula is C12H18O7. The van der Waals surface area contributed by atoms with Crippen molar-refractivity contribution in [1.29, 1.82) is 0 Å². The lowest BCUT2D eigenvalue weighted by atomic mass is 9.96. The molecule has 2 N–H and O–H groups in total. The Morgan fingerprint density at radius 3 is 2.05 bits per heavy atom. The lowest BCUT2D eigenvalue weighted by Crippen LogP contribution is -2.39. The first-order valence-electron chi connectivity index (χ1n) is 5.53. The van der Waals surface area contributed by atoms with Gasteiger partial charge in [0.1, 0.15) is 12.2 Å². The van der Waals surface area contributed by atoms with Crippen molar-refractivity contribution < 1.29 is 34.0 Å². The highest BCUT2D eigenvalue weighted by molar-refractivity contribution is 5.57. The second kappa shape index (κ2) is 8.98. The van der Waals surface area contributed by atoms with Crippen molar-refractivity contribution in [2.75, 3.05) is 19.8 Å². The minimum Gasteiger partial charge on any atom is -0.450 e. The zero-order valence-electron chi connectivity index (χ0n) is 10.5. The lowest BCUT2D eigenvalue weighted by Gasteiger charge is -2.30. The van der Waals surface area contributed by atoms with Crippen LogP contribution < -0.4 is 0 Å². The first-order chi connectivity index (χ1) is 8.95. The van der Waals surface area contributed by atoms with Crippen LogP contribution in [-0.4, -0.2) is 47.9 Å². The highest BCUT2D eigenvalue weighted by Gasteiger charge is 2.32. The topological polar surface area (TPSA) is 102 Å². The molecule has 0 unspecified atom stereocenters. The van der Waals surface area contributed by atoms with Gasteiger partial charge in [0, 0.05) is 12.8 Å². The van der Waals surface area contributed by atoms with Gasteiger partial charge in [0.2, 0.25) is 0 Å². The van der Waals surface area contributed by atoms with E-state index >= 15 is 0 Å². The standard InChI is InChI=1S/C12H18O7/c1-3-5-12(6-4-2,19-11(15)16)9-17-7-8-18-10(13)14/h3-4H,1-2,5-9H2,(H,13,14)(H,15,16). The van der Waals surface area contributed by atoms with Crippen LogP contribution in [0.5, 0.6) is 0 Å². The van der Waals surface area contributed by atoms with Crippen LogP contribution in [0.25, 0.3) is 0 Å². The second-order valence-corrected chi connectivity index (χ2v) is 3.70. The largest absolute Gasteiger partial charge is 0.506 e. The average Bonchev–Trinajstić information content (AvgIpc) is 2.27. The van der Waals surface area contributed by atoms with Gasteiger partial charge in [0.25, 0.3) is 0 Å². The van der Waals surface area contributed by atoms with E-state index in [0.717, 1.165) is 0 Å². The predicted octanol–water partition coefficient (Wildman–Crippen LogP) is 2.28. The van der Waals surface area contributed by atoms with Crippen LogP contribution in [0.4, 0.5) is 9.59 Å². The molecule has 0 aliphatic carbocycles. The fourth-order valence-electron chi connectivity index (χ4n) is 1.47. The summed E-state index contributed by atoms with van der Waals surface area (Å²) in [5.74, 6) is 0. The smallest absolute Gasteiger partial charge is 0.450 e. The summed E-state index contributed by atoms with van der Waals surface area (Å²) in [6, 6.07) is 0. The monoisotopic (exact) mass is 274 g/mol. The summed E-state index contributed by atoms with van der Waals surface area (Å²) in [4.78, 5) is 20.8. The molecule has 0 radical (unpaired) electrons.